The second-order valence-electron chi connectivity index (χ2n) is 13.3. The highest BCUT2D eigenvalue weighted by atomic mass is 31.2. The van der Waals surface area contributed by atoms with Gasteiger partial charge < -0.3 is 18.9 Å². The van der Waals surface area contributed by atoms with Gasteiger partial charge in [0.05, 0.1) is 27.7 Å². The van der Waals surface area contributed by atoms with Crippen LogP contribution in [0.4, 0.5) is 0 Å². The van der Waals surface area contributed by atoms with Gasteiger partial charge in [-0.1, -0.05) is 114 Å². The van der Waals surface area contributed by atoms with Gasteiger partial charge in [-0.15, -0.1) is 0 Å². The van der Waals surface area contributed by atoms with Crippen LogP contribution in [0, 0.1) is 0 Å². The molecule has 1 N–H and O–H groups in total. The van der Waals surface area contributed by atoms with E-state index < -0.39 is 26.5 Å². The summed E-state index contributed by atoms with van der Waals surface area (Å²) in [5, 5.41) is 0. The van der Waals surface area contributed by atoms with Gasteiger partial charge in [-0.2, -0.15) is 0 Å². The highest BCUT2D eigenvalue weighted by Crippen LogP contribution is 2.43. The summed E-state index contributed by atoms with van der Waals surface area (Å²) >= 11 is 0. The Balaban J connectivity index is 4.52. The predicted molar refractivity (Wildman–Crippen MR) is 196 cm³/mol. The van der Waals surface area contributed by atoms with Crippen LogP contribution in [0.5, 0.6) is 0 Å². The van der Waals surface area contributed by atoms with Crippen molar-refractivity contribution in [2.24, 2.45) is 0 Å². The Labute approximate surface area is 293 Å². The zero-order valence-corrected chi connectivity index (χ0v) is 31.8. The van der Waals surface area contributed by atoms with Crippen LogP contribution in [0.1, 0.15) is 129 Å². The number of ether oxygens (including phenoxy) is 2. The highest BCUT2D eigenvalue weighted by Gasteiger charge is 2.27. The molecule has 0 saturated heterocycles. The Morgan fingerprint density at radius 3 is 1.81 bits per heavy atom. The molecule has 0 aliphatic rings. The quantitative estimate of drug-likeness (QED) is 0.0185. The lowest BCUT2D eigenvalue weighted by Gasteiger charge is -2.24. The molecule has 9 nitrogen and oxygen atoms in total. The van der Waals surface area contributed by atoms with Crippen LogP contribution < -0.4 is 0 Å². The summed E-state index contributed by atoms with van der Waals surface area (Å²) in [5.41, 5.74) is 0. The number of hydrogen-bond donors (Lipinski definition) is 1. The second-order valence-corrected chi connectivity index (χ2v) is 14.7. The molecule has 0 aliphatic heterocycles. The average molecular weight is 699 g/mol. The lowest BCUT2D eigenvalue weighted by molar-refractivity contribution is -0.870. The summed E-state index contributed by atoms with van der Waals surface area (Å²) in [4.78, 5) is 35.1. The van der Waals surface area contributed by atoms with E-state index in [0.717, 1.165) is 83.5 Å². The van der Waals surface area contributed by atoms with E-state index in [1.165, 1.54) is 12.8 Å². The fourth-order valence-corrected chi connectivity index (χ4v) is 5.20. The summed E-state index contributed by atoms with van der Waals surface area (Å²) in [5.74, 6) is -0.842. The van der Waals surface area contributed by atoms with E-state index in [4.69, 9.17) is 18.5 Å². The largest absolute Gasteiger partial charge is 0.472 e. The van der Waals surface area contributed by atoms with Crippen molar-refractivity contribution in [3.05, 3.63) is 48.6 Å². The number of phosphoric acid groups is 1. The van der Waals surface area contributed by atoms with Crippen molar-refractivity contribution in [3.8, 4) is 0 Å². The summed E-state index contributed by atoms with van der Waals surface area (Å²) in [6, 6.07) is 0. The summed E-state index contributed by atoms with van der Waals surface area (Å²) in [7, 11) is 1.45. The fourth-order valence-electron chi connectivity index (χ4n) is 4.46. The van der Waals surface area contributed by atoms with Gasteiger partial charge in [-0.3, -0.25) is 18.6 Å². The minimum absolute atomic E-state index is 0.0242. The van der Waals surface area contributed by atoms with Gasteiger partial charge in [0.1, 0.15) is 19.8 Å². The fraction of sp³-hybridized carbons (Fsp3) is 0.737. The van der Waals surface area contributed by atoms with E-state index in [1.54, 1.807) is 0 Å². The molecule has 10 heteroatoms. The van der Waals surface area contributed by atoms with Crippen LogP contribution in [0.15, 0.2) is 48.6 Å². The van der Waals surface area contributed by atoms with Crippen molar-refractivity contribution in [1.82, 2.24) is 0 Å². The van der Waals surface area contributed by atoms with E-state index in [0.29, 0.717) is 17.4 Å². The number of allylic oxidation sites excluding steroid dienone is 8. The summed E-state index contributed by atoms with van der Waals surface area (Å²) in [6.45, 7) is 4.18. The van der Waals surface area contributed by atoms with Gasteiger partial charge in [0.2, 0.25) is 0 Å². The molecule has 0 saturated carbocycles. The minimum Gasteiger partial charge on any atom is -0.462 e. The van der Waals surface area contributed by atoms with Crippen molar-refractivity contribution in [2.45, 2.75) is 136 Å². The normalized spacial score (nSPS) is 14.4. The number of quaternary nitrogens is 1. The first kappa shape index (κ1) is 46.0. The maximum atomic E-state index is 12.6. The monoisotopic (exact) mass is 698 g/mol. The maximum Gasteiger partial charge on any atom is 0.472 e. The standard InChI is InChI=1S/C38H68NO8P/c1-6-8-10-12-14-16-18-19-21-23-25-27-29-31-38(41)47-36(35-46-48(42,43)45-33-32-39(3,4)5)34-44-37(40)30-28-26-24-22-20-17-15-13-11-9-7-2/h8,10,12-16,18,36H,6-7,9,11,17,19-35H2,1-5H3/p+1/b10-8+,14-12+,15-13+,18-16+. The van der Waals surface area contributed by atoms with E-state index in [-0.39, 0.29) is 32.0 Å². The highest BCUT2D eigenvalue weighted by molar-refractivity contribution is 7.47. The molecule has 0 aromatic carbocycles. The zero-order chi connectivity index (χ0) is 35.8. The molecule has 2 unspecified atom stereocenters. The molecule has 0 amide bonds. The molecule has 2 atom stereocenters. The van der Waals surface area contributed by atoms with Gasteiger partial charge in [0.15, 0.2) is 6.10 Å². The molecular formula is C38H69NO8P+. The Bertz CT molecular complexity index is 970. The third-order valence-corrected chi connectivity index (χ3v) is 8.39. The Kier molecular flexibility index (Phi) is 29.7. The van der Waals surface area contributed by atoms with E-state index >= 15 is 0 Å². The molecule has 0 bridgehead atoms. The first-order valence-corrected chi connectivity index (χ1v) is 19.9. The zero-order valence-electron chi connectivity index (χ0n) is 31.0. The van der Waals surface area contributed by atoms with Crippen LogP contribution in [-0.4, -0.2) is 74.9 Å². The van der Waals surface area contributed by atoms with Crippen molar-refractivity contribution < 1.29 is 42.1 Å². The molecule has 0 fully saturated rings. The summed E-state index contributed by atoms with van der Waals surface area (Å²) in [6.07, 6.45) is 33.0. The van der Waals surface area contributed by atoms with Crippen LogP contribution in [0.25, 0.3) is 0 Å². The van der Waals surface area contributed by atoms with Gasteiger partial charge in [-0.05, 0) is 51.4 Å². The number of likely N-dealkylation sites (N-methyl/N-ethyl adjacent to an activating group) is 1. The molecule has 0 aromatic heterocycles. The van der Waals surface area contributed by atoms with Crippen molar-refractivity contribution in [3.63, 3.8) is 0 Å². The van der Waals surface area contributed by atoms with E-state index in [2.05, 4.69) is 44.2 Å². The first-order chi connectivity index (χ1) is 23.0. The average Bonchev–Trinajstić information content (AvgIpc) is 3.02. The molecule has 0 rings (SSSR count). The number of hydrogen-bond acceptors (Lipinski definition) is 7. The smallest absolute Gasteiger partial charge is 0.462 e. The minimum atomic E-state index is -4.37. The van der Waals surface area contributed by atoms with Gasteiger partial charge >= 0.3 is 19.8 Å². The molecule has 0 aromatic rings. The Hall–Kier alpha value is -2.03. The number of esters is 2. The number of phosphoric ester groups is 1. The first-order valence-electron chi connectivity index (χ1n) is 18.4. The molecule has 278 valence electrons. The van der Waals surface area contributed by atoms with Crippen LogP contribution in [-0.2, 0) is 32.7 Å². The molecule has 0 spiro atoms. The van der Waals surface area contributed by atoms with Crippen LogP contribution in [0.2, 0.25) is 0 Å². The van der Waals surface area contributed by atoms with Crippen molar-refractivity contribution in [2.75, 3.05) is 47.5 Å². The maximum absolute atomic E-state index is 12.6. The van der Waals surface area contributed by atoms with Crippen LogP contribution >= 0.6 is 7.82 Å². The van der Waals surface area contributed by atoms with Gasteiger partial charge in [-0.25, -0.2) is 4.57 Å². The van der Waals surface area contributed by atoms with Gasteiger partial charge in [0.25, 0.3) is 0 Å². The Morgan fingerprint density at radius 1 is 0.667 bits per heavy atom. The lowest BCUT2D eigenvalue weighted by atomic mass is 10.1. The van der Waals surface area contributed by atoms with Crippen molar-refractivity contribution in [1.29, 1.82) is 0 Å². The Morgan fingerprint density at radius 2 is 1.21 bits per heavy atom. The summed E-state index contributed by atoms with van der Waals surface area (Å²) < 4.78 is 34.1. The van der Waals surface area contributed by atoms with E-state index in [1.807, 2.05) is 39.4 Å². The molecule has 0 radical (unpaired) electrons. The number of carbonyl (C=O) groups is 2. The molecular weight excluding hydrogens is 629 g/mol. The third kappa shape index (κ3) is 33.9. The van der Waals surface area contributed by atoms with Crippen molar-refractivity contribution >= 4 is 19.8 Å². The van der Waals surface area contributed by atoms with E-state index in [9.17, 15) is 19.0 Å². The number of unbranched alkanes of at least 4 members (excludes halogenated alkanes) is 12. The number of carbonyl (C=O) groups excluding carboxylic acids is 2. The van der Waals surface area contributed by atoms with Crippen LogP contribution in [0.3, 0.4) is 0 Å². The SMILES string of the molecule is CC/C=C/C=C/C=C/CCCCCCCC(=O)OC(COC(=O)CCCCCCC/C=C/CCCC)COP(=O)(O)OCC[N+](C)(C)C. The number of nitrogens with zero attached hydrogens (tertiary/aromatic N) is 1. The lowest BCUT2D eigenvalue weighted by Crippen LogP contribution is -2.37. The third-order valence-electron chi connectivity index (χ3n) is 7.40. The molecule has 0 heterocycles. The molecule has 48 heavy (non-hydrogen) atoms. The molecule has 0 aliphatic carbocycles. The second kappa shape index (κ2) is 31.0. The predicted octanol–water partition coefficient (Wildman–Crippen LogP) is 9.57. The topological polar surface area (TPSA) is 108 Å². The number of rotatable bonds is 32. The van der Waals surface area contributed by atoms with Gasteiger partial charge in [0, 0.05) is 12.8 Å².